The maximum absolute atomic E-state index is 12.7. The maximum atomic E-state index is 12.7. The van der Waals surface area contributed by atoms with Crippen LogP contribution in [0.3, 0.4) is 0 Å². The average molecular weight is 376 g/mol. The first-order chi connectivity index (χ1) is 13.4. The van der Waals surface area contributed by atoms with Gasteiger partial charge in [0, 0.05) is 11.6 Å². The number of aromatic amines is 1. The lowest BCUT2D eigenvalue weighted by Gasteiger charge is -2.13. The van der Waals surface area contributed by atoms with Gasteiger partial charge in [-0.3, -0.25) is 9.59 Å². The van der Waals surface area contributed by atoms with Crippen LogP contribution in [0.1, 0.15) is 38.6 Å². The largest absolute Gasteiger partial charge is 0.342 e. The number of nitrogens with one attached hydrogen (secondary N) is 2. The first-order valence-electron chi connectivity index (χ1n) is 9.09. The molecule has 8 heteroatoms. The number of H-pyrrole nitrogens is 1. The summed E-state index contributed by atoms with van der Waals surface area (Å²) in [5.74, 6) is 0.822. The Labute approximate surface area is 160 Å². The molecule has 2 heterocycles. The van der Waals surface area contributed by atoms with Crippen LogP contribution in [0, 0.1) is 0 Å². The molecule has 1 amide bonds. The van der Waals surface area contributed by atoms with Crippen LogP contribution < -0.4 is 10.9 Å². The van der Waals surface area contributed by atoms with Crippen molar-refractivity contribution >= 4 is 33.5 Å². The minimum Gasteiger partial charge on any atom is -0.342 e. The molecule has 142 valence electrons. The Balaban J connectivity index is 1.60. The lowest BCUT2D eigenvalue weighted by molar-refractivity contribution is -0.119. The molecule has 0 saturated heterocycles. The molecular formula is C20H20N6O2. The van der Waals surface area contributed by atoms with E-state index in [1.807, 2.05) is 12.1 Å². The third-order valence-electron chi connectivity index (χ3n) is 4.65. The van der Waals surface area contributed by atoms with E-state index >= 15 is 0 Å². The van der Waals surface area contributed by atoms with E-state index in [-0.39, 0.29) is 17.4 Å². The van der Waals surface area contributed by atoms with E-state index in [0.717, 1.165) is 21.5 Å². The molecule has 2 N–H and O–H groups in total. The Morgan fingerprint density at radius 2 is 1.89 bits per heavy atom. The van der Waals surface area contributed by atoms with Gasteiger partial charge in [-0.25, -0.2) is 4.98 Å². The van der Waals surface area contributed by atoms with Gasteiger partial charge in [0.1, 0.15) is 17.4 Å². The molecule has 0 aliphatic rings. The van der Waals surface area contributed by atoms with Gasteiger partial charge in [0.2, 0.25) is 5.91 Å². The molecule has 0 radical (unpaired) electrons. The summed E-state index contributed by atoms with van der Waals surface area (Å²) in [4.78, 5) is 33.1. The number of rotatable bonds is 4. The van der Waals surface area contributed by atoms with Gasteiger partial charge in [0.15, 0.2) is 0 Å². The Morgan fingerprint density at radius 1 is 1.11 bits per heavy atom. The van der Waals surface area contributed by atoms with Crippen LogP contribution in [0.2, 0.25) is 0 Å². The number of hydrogen-bond acceptors (Lipinski definition) is 5. The number of carbonyl (C=O) groups excluding carboxylic acids is 1. The fourth-order valence-corrected chi connectivity index (χ4v) is 2.99. The van der Waals surface area contributed by atoms with E-state index in [1.165, 1.54) is 0 Å². The summed E-state index contributed by atoms with van der Waals surface area (Å²) in [6, 6.07) is 11.6. The van der Waals surface area contributed by atoms with Gasteiger partial charge in [0.25, 0.3) is 5.56 Å². The van der Waals surface area contributed by atoms with Gasteiger partial charge >= 0.3 is 0 Å². The minimum absolute atomic E-state index is 0.281. The molecule has 0 fully saturated rings. The van der Waals surface area contributed by atoms with Gasteiger partial charge < -0.3 is 10.3 Å². The topological polar surface area (TPSA) is 106 Å². The number of fused-ring (bicyclic) bond motifs is 2. The van der Waals surface area contributed by atoms with E-state index < -0.39 is 6.04 Å². The van der Waals surface area contributed by atoms with E-state index in [4.69, 9.17) is 0 Å². The number of anilines is 1. The quantitative estimate of drug-likeness (QED) is 0.570. The van der Waals surface area contributed by atoms with Crippen LogP contribution in [-0.4, -0.2) is 30.9 Å². The monoisotopic (exact) mass is 376 g/mol. The molecular weight excluding hydrogens is 356 g/mol. The lowest BCUT2D eigenvalue weighted by Crippen LogP contribution is -2.34. The van der Waals surface area contributed by atoms with Gasteiger partial charge in [-0.15, -0.1) is 5.10 Å². The number of imidazole rings is 1. The average Bonchev–Trinajstić information content (AvgIpc) is 3.12. The first-order valence-corrected chi connectivity index (χ1v) is 9.09. The molecule has 8 nitrogen and oxygen atoms in total. The summed E-state index contributed by atoms with van der Waals surface area (Å²) in [5, 5.41) is 11.2. The second-order valence-electron chi connectivity index (χ2n) is 7.03. The Bertz CT molecular complexity index is 1240. The highest BCUT2D eigenvalue weighted by Crippen LogP contribution is 2.21. The summed E-state index contributed by atoms with van der Waals surface area (Å²) >= 11 is 0. The van der Waals surface area contributed by atoms with E-state index in [1.54, 1.807) is 37.3 Å². The van der Waals surface area contributed by atoms with E-state index in [2.05, 4.69) is 39.4 Å². The van der Waals surface area contributed by atoms with Crippen molar-refractivity contribution in [3.05, 3.63) is 58.6 Å². The second-order valence-corrected chi connectivity index (χ2v) is 7.03. The normalized spacial score (nSPS) is 12.6. The molecule has 2 aromatic heterocycles. The summed E-state index contributed by atoms with van der Waals surface area (Å²) in [6.45, 7) is 5.74. The molecule has 1 atom stereocenters. The number of aromatic nitrogens is 5. The molecule has 0 unspecified atom stereocenters. The number of hydrogen-bond donors (Lipinski definition) is 2. The van der Waals surface area contributed by atoms with Crippen LogP contribution in [0.25, 0.3) is 21.9 Å². The van der Waals surface area contributed by atoms with Gasteiger partial charge in [-0.1, -0.05) is 31.2 Å². The van der Waals surface area contributed by atoms with Crippen molar-refractivity contribution in [1.82, 2.24) is 25.0 Å². The van der Waals surface area contributed by atoms with Gasteiger partial charge in [-0.05, 0) is 37.3 Å². The van der Waals surface area contributed by atoms with Gasteiger partial charge in [0.05, 0.1) is 16.4 Å². The molecule has 28 heavy (non-hydrogen) atoms. The van der Waals surface area contributed by atoms with Crippen molar-refractivity contribution in [3.63, 3.8) is 0 Å². The van der Waals surface area contributed by atoms with Crippen LogP contribution in [-0.2, 0) is 4.79 Å². The van der Waals surface area contributed by atoms with E-state index in [9.17, 15) is 9.59 Å². The number of nitrogens with zero attached hydrogens (tertiary/aromatic N) is 4. The lowest BCUT2D eigenvalue weighted by atomic mass is 10.2. The van der Waals surface area contributed by atoms with Crippen LogP contribution in [0.15, 0.2) is 47.3 Å². The fourth-order valence-electron chi connectivity index (χ4n) is 2.99. The molecule has 4 aromatic rings. The maximum Gasteiger partial charge on any atom is 0.278 e. The van der Waals surface area contributed by atoms with Crippen LogP contribution in [0.5, 0.6) is 0 Å². The smallest absolute Gasteiger partial charge is 0.278 e. The Kier molecular flexibility index (Phi) is 4.38. The summed E-state index contributed by atoms with van der Waals surface area (Å²) < 4.78 is 1.10. The van der Waals surface area contributed by atoms with Crippen molar-refractivity contribution in [1.29, 1.82) is 0 Å². The van der Waals surface area contributed by atoms with Gasteiger partial charge in [-0.2, -0.15) is 4.68 Å². The zero-order chi connectivity index (χ0) is 19.8. The number of amides is 1. The van der Waals surface area contributed by atoms with Crippen molar-refractivity contribution in [2.75, 3.05) is 5.32 Å². The zero-order valence-corrected chi connectivity index (χ0v) is 15.8. The third-order valence-corrected chi connectivity index (χ3v) is 4.65. The predicted molar refractivity (Wildman–Crippen MR) is 107 cm³/mol. The zero-order valence-electron chi connectivity index (χ0n) is 15.8. The number of benzene rings is 2. The fraction of sp³-hybridized carbons (Fsp3) is 0.250. The molecule has 0 spiro atoms. The molecule has 2 aromatic carbocycles. The minimum atomic E-state index is -0.812. The Hall–Kier alpha value is -3.55. The van der Waals surface area contributed by atoms with Crippen molar-refractivity contribution in [3.8, 4) is 0 Å². The summed E-state index contributed by atoms with van der Waals surface area (Å²) in [5.41, 5.74) is 2.45. The highest BCUT2D eigenvalue weighted by molar-refractivity contribution is 5.95. The van der Waals surface area contributed by atoms with Crippen molar-refractivity contribution < 1.29 is 4.79 Å². The molecule has 0 aliphatic carbocycles. The standard InChI is InChI=1S/C20H20N6O2/c1-11(2)18-22-16-9-8-13(10-17(16)23-18)21-19(27)12(3)26-20(28)14-6-4-5-7-15(14)24-25-26/h4-12H,1-3H3,(H,21,27)(H,22,23)/t12-/m0/s1. The van der Waals surface area contributed by atoms with Crippen LogP contribution in [0.4, 0.5) is 5.69 Å². The molecule has 4 rings (SSSR count). The first kappa shape index (κ1) is 17.8. The molecule has 0 bridgehead atoms. The second kappa shape index (κ2) is 6.88. The highest BCUT2D eigenvalue weighted by atomic mass is 16.2. The SMILES string of the molecule is CC(C)c1nc2ccc(NC(=O)[C@H](C)n3nnc4ccccc4c3=O)cc2[nH]1. The third kappa shape index (κ3) is 3.13. The predicted octanol–water partition coefficient (Wildman–Crippen LogP) is 2.99. The highest BCUT2D eigenvalue weighted by Gasteiger charge is 2.19. The van der Waals surface area contributed by atoms with Crippen LogP contribution >= 0.6 is 0 Å². The summed E-state index contributed by atoms with van der Waals surface area (Å²) in [6.07, 6.45) is 0. The summed E-state index contributed by atoms with van der Waals surface area (Å²) in [7, 11) is 0. The Morgan fingerprint density at radius 3 is 2.68 bits per heavy atom. The van der Waals surface area contributed by atoms with Crippen molar-refractivity contribution in [2.24, 2.45) is 0 Å². The van der Waals surface area contributed by atoms with Crippen molar-refractivity contribution in [2.45, 2.75) is 32.7 Å². The van der Waals surface area contributed by atoms with E-state index in [0.29, 0.717) is 16.6 Å². The number of carbonyl (C=O) groups is 1. The molecule has 0 aliphatic heterocycles. The molecule has 0 saturated carbocycles.